The normalized spacial score (nSPS) is 21.4. The first-order chi connectivity index (χ1) is 10.1. The average Bonchev–Trinajstić information content (AvgIpc) is 3.13. The number of furan rings is 1. The van der Waals surface area contributed by atoms with E-state index in [2.05, 4.69) is 5.32 Å². The largest absolute Gasteiger partial charge is 0.459 e. The van der Waals surface area contributed by atoms with Crippen LogP contribution in [0.1, 0.15) is 28.6 Å². The van der Waals surface area contributed by atoms with Gasteiger partial charge >= 0.3 is 0 Å². The molecule has 1 aliphatic rings. The van der Waals surface area contributed by atoms with E-state index in [0.29, 0.717) is 18.6 Å². The third-order valence-corrected chi connectivity index (χ3v) is 3.73. The number of benzene rings is 1. The summed E-state index contributed by atoms with van der Waals surface area (Å²) in [7, 11) is 0. The molecule has 1 aliphatic heterocycles. The highest BCUT2D eigenvalue weighted by molar-refractivity contribution is 6.30. The molecule has 1 amide bonds. The number of hydrogen-bond acceptors (Lipinski definition) is 3. The van der Waals surface area contributed by atoms with Gasteiger partial charge in [0.25, 0.3) is 5.91 Å². The second-order valence-corrected chi connectivity index (χ2v) is 5.22. The lowest BCUT2D eigenvalue weighted by atomic mass is 10.0. The quantitative estimate of drug-likeness (QED) is 0.946. The van der Waals surface area contributed by atoms with Gasteiger partial charge in [0, 0.05) is 6.61 Å². The molecule has 2 heterocycles. The summed E-state index contributed by atoms with van der Waals surface area (Å²) in [4.78, 5) is 12.0. The molecule has 0 saturated carbocycles. The van der Waals surface area contributed by atoms with Gasteiger partial charge in [0.05, 0.1) is 17.3 Å². The summed E-state index contributed by atoms with van der Waals surface area (Å²) >= 11 is 5.68. The van der Waals surface area contributed by atoms with Crippen molar-refractivity contribution in [2.24, 2.45) is 0 Å². The molecule has 2 aromatic rings. The number of halogens is 2. The molecule has 1 aromatic heterocycles. The fourth-order valence-electron chi connectivity index (χ4n) is 2.40. The molecule has 21 heavy (non-hydrogen) atoms. The lowest BCUT2D eigenvalue weighted by Gasteiger charge is -2.20. The molecule has 6 heteroatoms. The summed E-state index contributed by atoms with van der Waals surface area (Å²) in [5.41, 5.74) is 0.652. The molecular formula is C15H13ClFNO3. The van der Waals surface area contributed by atoms with Crippen molar-refractivity contribution < 1.29 is 18.3 Å². The Balaban J connectivity index is 1.76. The molecule has 1 saturated heterocycles. The number of rotatable bonds is 3. The van der Waals surface area contributed by atoms with Crippen LogP contribution in [0, 0.1) is 5.82 Å². The first kappa shape index (κ1) is 14.1. The highest BCUT2D eigenvalue weighted by Gasteiger charge is 2.32. The number of amides is 1. The van der Waals surface area contributed by atoms with Crippen molar-refractivity contribution in [3.8, 4) is 0 Å². The lowest BCUT2D eigenvalue weighted by molar-refractivity contribution is 0.0801. The van der Waals surface area contributed by atoms with Gasteiger partial charge in [0.2, 0.25) is 0 Å². The Bertz CT molecular complexity index is 644. The van der Waals surface area contributed by atoms with Gasteiger partial charge in [-0.1, -0.05) is 17.7 Å². The van der Waals surface area contributed by atoms with E-state index in [0.717, 1.165) is 0 Å². The van der Waals surface area contributed by atoms with E-state index in [1.54, 1.807) is 18.2 Å². The van der Waals surface area contributed by atoms with Gasteiger partial charge in [-0.05, 0) is 36.2 Å². The second kappa shape index (κ2) is 5.87. The average molecular weight is 310 g/mol. The van der Waals surface area contributed by atoms with E-state index in [9.17, 15) is 9.18 Å². The highest BCUT2D eigenvalue weighted by atomic mass is 35.5. The van der Waals surface area contributed by atoms with E-state index in [-0.39, 0.29) is 22.7 Å². The Morgan fingerprint density at radius 2 is 2.24 bits per heavy atom. The van der Waals surface area contributed by atoms with Crippen molar-refractivity contribution in [1.82, 2.24) is 5.32 Å². The van der Waals surface area contributed by atoms with Gasteiger partial charge in [0.1, 0.15) is 11.9 Å². The molecule has 4 nitrogen and oxygen atoms in total. The Kier molecular flexibility index (Phi) is 3.94. The predicted octanol–water partition coefficient (Wildman–Crippen LogP) is 3.33. The molecule has 0 aliphatic carbocycles. The summed E-state index contributed by atoms with van der Waals surface area (Å²) in [5, 5.41) is 2.91. The van der Waals surface area contributed by atoms with Crippen LogP contribution in [0.4, 0.5) is 4.39 Å². The highest BCUT2D eigenvalue weighted by Crippen LogP contribution is 2.31. The number of hydrogen-bond donors (Lipinski definition) is 1. The fourth-order valence-corrected chi connectivity index (χ4v) is 2.52. The second-order valence-electron chi connectivity index (χ2n) is 4.81. The maximum atomic E-state index is 13.6. The third kappa shape index (κ3) is 2.94. The van der Waals surface area contributed by atoms with Crippen LogP contribution in [0.5, 0.6) is 0 Å². The summed E-state index contributed by atoms with van der Waals surface area (Å²) in [5.74, 6) is -0.571. The topological polar surface area (TPSA) is 51.5 Å². The van der Waals surface area contributed by atoms with Crippen LogP contribution in [-0.2, 0) is 4.74 Å². The van der Waals surface area contributed by atoms with E-state index in [4.69, 9.17) is 20.8 Å². The Morgan fingerprint density at radius 3 is 2.95 bits per heavy atom. The lowest BCUT2D eigenvalue weighted by Crippen LogP contribution is -2.36. The van der Waals surface area contributed by atoms with E-state index in [1.807, 2.05) is 0 Å². The van der Waals surface area contributed by atoms with Gasteiger partial charge < -0.3 is 14.5 Å². The van der Waals surface area contributed by atoms with Crippen molar-refractivity contribution in [3.05, 3.63) is 58.8 Å². The van der Waals surface area contributed by atoms with Crippen LogP contribution in [0.3, 0.4) is 0 Å². The number of ether oxygens (including phenoxy) is 1. The molecule has 0 spiro atoms. The molecule has 3 rings (SSSR count). The summed E-state index contributed by atoms with van der Waals surface area (Å²) < 4.78 is 24.2. The van der Waals surface area contributed by atoms with Crippen LogP contribution in [-0.4, -0.2) is 18.6 Å². The van der Waals surface area contributed by atoms with Gasteiger partial charge in [0.15, 0.2) is 5.76 Å². The Hall–Kier alpha value is -1.85. The van der Waals surface area contributed by atoms with E-state index in [1.165, 1.54) is 18.4 Å². The standard InChI is InChI=1S/C15H13ClFNO3/c16-10-4-3-9(8-11(10)17)14-12(5-7-21-14)18-15(19)13-2-1-6-20-13/h1-4,6,8,12,14H,5,7H2,(H,18,19)/t12-,14+/m0/s1. The summed E-state index contributed by atoms with van der Waals surface area (Å²) in [6.45, 7) is 0.498. The van der Waals surface area contributed by atoms with Gasteiger partial charge in [-0.15, -0.1) is 0 Å². The fraction of sp³-hybridized carbons (Fsp3) is 0.267. The molecule has 0 radical (unpaired) electrons. The molecule has 110 valence electrons. The number of carbonyl (C=O) groups excluding carboxylic acids is 1. The monoisotopic (exact) mass is 309 g/mol. The van der Waals surface area contributed by atoms with E-state index < -0.39 is 11.9 Å². The number of nitrogens with one attached hydrogen (secondary N) is 1. The first-order valence-corrected chi connectivity index (χ1v) is 6.94. The van der Waals surface area contributed by atoms with Crippen molar-refractivity contribution in [2.45, 2.75) is 18.6 Å². The molecular weight excluding hydrogens is 297 g/mol. The number of carbonyl (C=O) groups is 1. The maximum absolute atomic E-state index is 13.6. The maximum Gasteiger partial charge on any atom is 0.287 e. The van der Waals surface area contributed by atoms with Crippen LogP contribution >= 0.6 is 11.6 Å². The van der Waals surface area contributed by atoms with Crippen LogP contribution in [0.2, 0.25) is 5.02 Å². The minimum absolute atomic E-state index is 0.0629. The van der Waals surface area contributed by atoms with Crippen LogP contribution in [0.25, 0.3) is 0 Å². The summed E-state index contributed by atoms with van der Waals surface area (Å²) in [6, 6.07) is 7.52. The molecule has 0 unspecified atom stereocenters. The van der Waals surface area contributed by atoms with Gasteiger partial charge in [-0.25, -0.2) is 4.39 Å². The van der Waals surface area contributed by atoms with Crippen molar-refractivity contribution in [2.75, 3.05) is 6.61 Å². The Morgan fingerprint density at radius 1 is 1.38 bits per heavy atom. The smallest absolute Gasteiger partial charge is 0.287 e. The van der Waals surface area contributed by atoms with Crippen LogP contribution < -0.4 is 5.32 Å². The summed E-state index contributed by atoms with van der Waals surface area (Å²) in [6.07, 6.45) is 1.70. The molecule has 2 atom stereocenters. The van der Waals surface area contributed by atoms with Crippen molar-refractivity contribution in [1.29, 1.82) is 0 Å². The van der Waals surface area contributed by atoms with Gasteiger partial charge in [-0.2, -0.15) is 0 Å². The Labute approximate surface area is 125 Å². The van der Waals surface area contributed by atoms with Crippen LogP contribution in [0.15, 0.2) is 41.0 Å². The zero-order valence-corrected chi connectivity index (χ0v) is 11.8. The van der Waals surface area contributed by atoms with Crippen molar-refractivity contribution >= 4 is 17.5 Å². The molecule has 0 bridgehead atoms. The minimum Gasteiger partial charge on any atom is -0.459 e. The third-order valence-electron chi connectivity index (χ3n) is 3.43. The zero-order chi connectivity index (χ0) is 14.8. The SMILES string of the molecule is O=C(N[C@H]1CCO[C@@H]1c1ccc(Cl)c(F)c1)c1ccco1. The zero-order valence-electron chi connectivity index (χ0n) is 11.0. The molecule has 1 fully saturated rings. The molecule has 1 aromatic carbocycles. The van der Waals surface area contributed by atoms with E-state index >= 15 is 0 Å². The molecule has 1 N–H and O–H groups in total. The van der Waals surface area contributed by atoms with Crippen molar-refractivity contribution in [3.63, 3.8) is 0 Å². The predicted molar refractivity (Wildman–Crippen MR) is 74.7 cm³/mol. The minimum atomic E-state index is -0.499. The first-order valence-electron chi connectivity index (χ1n) is 6.56. The van der Waals surface area contributed by atoms with Gasteiger partial charge in [-0.3, -0.25) is 4.79 Å².